The van der Waals surface area contributed by atoms with E-state index in [-0.39, 0.29) is 24.8 Å². The van der Waals surface area contributed by atoms with Crippen LogP contribution in [0.3, 0.4) is 0 Å². The van der Waals surface area contributed by atoms with E-state index in [0.717, 1.165) is 5.75 Å². The van der Waals surface area contributed by atoms with Crippen LogP contribution in [0.15, 0.2) is 30.3 Å². The molecule has 0 fully saturated rings. The van der Waals surface area contributed by atoms with E-state index in [1.165, 1.54) is 16.2 Å². The average molecular weight is 333 g/mol. The lowest BCUT2D eigenvalue weighted by atomic mass is 10.3. The lowest BCUT2D eigenvalue weighted by molar-refractivity contribution is -0.116. The number of rotatable bonds is 6. The van der Waals surface area contributed by atoms with Crippen molar-refractivity contribution in [1.82, 2.24) is 9.88 Å². The number of thiazole rings is 1. The van der Waals surface area contributed by atoms with Crippen LogP contribution in [0.2, 0.25) is 0 Å². The number of nitrogens with one attached hydrogen (secondary N) is 1. The normalized spacial score (nSPS) is 10.2. The molecule has 0 atom stereocenters. The van der Waals surface area contributed by atoms with Crippen LogP contribution in [0, 0.1) is 6.92 Å². The second-order valence-electron chi connectivity index (χ2n) is 5.09. The molecule has 2 rings (SSSR count). The van der Waals surface area contributed by atoms with Crippen molar-refractivity contribution >= 4 is 28.3 Å². The first-order chi connectivity index (χ1) is 11.0. The van der Waals surface area contributed by atoms with Crippen LogP contribution in [0.25, 0.3) is 0 Å². The molecule has 0 saturated carbocycles. The third-order valence-corrected chi connectivity index (χ3v) is 4.05. The van der Waals surface area contributed by atoms with Crippen molar-refractivity contribution < 1.29 is 14.3 Å². The van der Waals surface area contributed by atoms with Crippen molar-refractivity contribution in [3.63, 3.8) is 0 Å². The van der Waals surface area contributed by atoms with E-state index in [9.17, 15) is 9.59 Å². The molecule has 0 saturated heterocycles. The second kappa shape index (κ2) is 7.73. The maximum Gasteiger partial charge on any atom is 0.265 e. The Balaban J connectivity index is 1.86. The molecule has 2 aromatic rings. The zero-order valence-corrected chi connectivity index (χ0v) is 14.1. The molecule has 23 heavy (non-hydrogen) atoms. The maximum absolute atomic E-state index is 12.0. The summed E-state index contributed by atoms with van der Waals surface area (Å²) in [7, 11) is 3.36. The van der Waals surface area contributed by atoms with Gasteiger partial charge in [0.2, 0.25) is 5.91 Å². The lowest BCUT2D eigenvalue weighted by Crippen LogP contribution is -2.21. The molecule has 1 aromatic heterocycles. The molecule has 1 aromatic carbocycles. The highest BCUT2D eigenvalue weighted by atomic mass is 32.1. The molecule has 0 bridgehead atoms. The van der Waals surface area contributed by atoms with E-state index in [0.29, 0.717) is 15.7 Å². The minimum Gasteiger partial charge on any atom is -0.493 e. The number of benzene rings is 1. The number of hydrogen-bond donors (Lipinski definition) is 1. The summed E-state index contributed by atoms with van der Waals surface area (Å²) in [5.74, 6) is 0.413. The van der Waals surface area contributed by atoms with Gasteiger partial charge in [-0.05, 0) is 19.1 Å². The average Bonchev–Trinajstić information content (AvgIpc) is 2.87. The highest BCUT2D eigenvalue weighted by Crippen LogP contribution is 2.23. The van der Waals surface area contributed by atoms with Crippen LogP contribution in [0.4, 0.5) is 5.13 Å². The Hall–Kier alpha value is -2.41. The molecule has 6 nitrogen and oxygen atoms in total. The molecule has 0 unspecified atom stereocenters. The van der Waals surface area contributed by atoms with Gasteiger partial charge in [0, 0.05) is 14.1 Å². The van der Waals surface area contributed by atoms with Gasteiger partial charge in [0.05, 0.1) is 18.7 Å². The number of carbonyl (C=O) groups is 2. The summed E-state index contributed by atoms with van der Waals surface area (Å²) >= 11 is 1.18. The fourth-order valence-electron chi connectivity index (χ4n) is 1.81. The summed E-state index contributed by atoms with van der Waals surface area (Å²) in [5, 5.41) is 3.13. The summed E-state index contributed by atoms with van der Waals surface area (Å²) in [4.78, 5) is 30.1. The molecule has 1 N–H and O–H groups in total. The van der Waals surface area contributed by atoms with Crippen LogP contribution in [0.5, 0.6) is 5.75 Å². The predicted molar refractivity (Wildman–Crippen MR) is 90.1 cm³/mol. The molecular weight excluding hydrogens is 314 g/mol. The van der Waals surface area contributed by atoms with E-state index in [2.05, 4.69) is 10.3 Å². The minimum absolute atomic E-state index is 0.118. The van der Waals surface area contributed by atoms with Gasteiger partial charge < -0.3 is 15.0 Å². The SMILES string of the molecule is Cc1nc(NC(=O)CCOc2ccccc2)sc1C(=O)N(C)C. The Morgan fingerprint density at radius 1 is 1.26 bits per heavy atom. The summed E-state index contributed by atoms with van der Waals surface area (Å²) in [6.45, 7) is 2.03. The van der Waals surface area contributed by atoms with E-state index < -0.39 is 0 Å². The number of amides is 2. The van der Waals surface area contributed by atoms with Crippen LogP contribution in [-0.2, 0) is 4.79 Å². The molecule has 0 aliphatic rings. The van der Waals surface area contributed by atoms with Crippen molar-refractivity contribution in [2.45, 2.75) is 13.3 Å². The van der Waals surface area contributed by atoms with Crippen molar-refractivity contribution in [2.24, 2.45) is 0 Å². The Labute approximate surface area is 139 Å². The Bertz CT molecular complexity index is 683. The highest BCUT2D eigenvalue weighted by molar-refractivity contribution is 7.17. The van der Waals surface area contributed by atoms with Gasteiger partial charge in [0.15, 0.2) is 5.13 Å². The van der Waals surface area contributed by atoms with Crippen molar-refractivity contribution in [1.29, 1.82) is 0 Å². The number of hydrogen-bond acceptors (Lipinski definition) is 5. The van der Waals surface area contributed by atoms with E-state index in [1.807, 2.05) is 30.3 Å². The summed E-state index contributed by atoms with van der Waals surface area (Å²) in [6, 6.07) is 9.31. The molecule has 0 aliphatic heterocycles. The molecule has 0 aliphatic carbocycles. The molecule has 0 spiro atoms. The zero-order chi connectivity index (χ0) is 16.8. The molecule has 122 valence electrons. The maximum atomic E-state index is 12.0. The number of para-hydroxylation sites is 1. The van der Waals surface area contributed by atoms with Gasteiger partial charge in [-0.2, -0.15) is 0 Å². The second-order valence-corrected chi connectivity index (χ2v) is 6.09. The van der Waals surface area contributed by atoms with Crippen LogP contribution in [0.1, 0.15) is 21.8 Å². The third kappa shape index (κ3) is 4.79. The molecule has 7 heteroatoms. The molecule has 2 amide bonds. The van der Waals surface area contributed by atoms with Crippen LogP contribution in [-0.4, -0.2) is 42.4 Å². The van der Waals surface area contributed by atoms with Gasteiger partial charge >= 0.3 is 0 Å². The monoisotopic (exact) mass is 333 g/mol. The number of aromatic nitrogens is 1. The van der Waals surface area contributed by atoms with Gasteiger partial charge in [0.25, 0.3) is 5.91 Å². The van der Waals surface area contributed by atoms with E-state index in [1.54, 1.807) is 21.0 Å². The highest BCUT2D eigenvalue weighted by Gasteiger charge is 2.17. The first-order valence-corrected chi connectivity index (χ1v) is 7.96. The number of aryl methyl sites for hydroxylation is 1. The Morgan fingerprint density at radius 3 is 2.61 bits per heavy atom. The summed E-state index contributed by atoms with van der Waals surface area (Å²) in [6.07, 6.45) is 0.213. The number of nitrogens with zero attached hydrogens (tertiary/aromatic N) is 2. The van der Waals surface area contributed by atoms with Gasteiger partial charge in [-0.3, -0.25) is 9.59 Å². The van der Waals surface area contributed by atoms with Gasteiger partial charge in [-0.15, -0.1) is 0 Å². The zero-order valence-electron chi connectivity index (χ0n) is 13.3. The smallest absolute Gasteiger partial charge is 0.265 e. The van der Waals surface area contributed by atoms with Crippen LogP contribution >= 0.6 is 11.3 Å². The summed E-state index contributed by atoms with van der Waals surface area (Å²) in [5.41, 5.74) is 0.615. The summed E-state index contributed by atoms with van der Waals surface area (Å²) < 4.78 is 5.47. The minimum atomic E-state index is -0.196. The largest absolute Gasteiger partial charge is 0.493 e. The van der Waals surface area contributed by atoms with Crippen molar-refractivity contribution in [2.75, 3.05) is 26.0 Å². The Kier molecular flexibility index (Phi) is 5.70. The van der Waals surface area contributed by atoms with Crippen molar-refractivity contribution in [3.05, 3.63) is 40.9 Å². The first kappa shape index (κ1) is 17.0. The number of anilines is 1. The first-order valence-electron chi connectivity index (χ1n) is 7.14. The fourth-order valence-corrected chi connectivity index (χ4v) is 2.82. The lowest BCUT2D eigenvalue weighted by Gasteiger charge is -2.07. The third-order valence-electron chi connectivity index (χ3n) is 2.98. The van der Waals surface area contributed by atoms with E-state index in [4.69, 9.17) is 4.74 Å². The van der Waals surface area contributed by atoms with Gasteiger partial charge in [-0.25, -0.2) is 4.98 Å². The quantitative estimate of drug-likeness (QED) is 0.882. The topological polar surface area (TPSA) is 71.5 Å². The van der Waals surface area contributed by atoms with Gasteiger partial charge in [-0.1, -0.05) is 29.5 Å². The molecule has 1 heterocycles. The van der Waals surface area contributed by atoms with E-state index >= 15 is 0 Å². The Morgan fingerprint density at radius 2 is 1.96 bits per heavy atom. The van der Waals surface area contributed by atoms with Crippen LogP contribution < -0.4 is 10.1 Å². The predicted octanol–water partition coefficient (Wildman–Crippen LogP) is 2.56. The van der Waals surface area contributed by atoms with Crippen molar-refractivity contribution in [3.8, 4) is 5.75 Å². The number of ether oxygens (including phenoxy) is 1. The molecule has 0 radical (unpaired) electrons. The fraction of sp³-hybridized carbons (Fsp3) is 0.312. The van der Waals surface area contributed by atoms with Gasteiger partial charge in [0.1, 0.15) is 10.6 Å². The standard InChI is InChI=1S/C16H19N3O3S/c1-11-14(15(21)19(2)3)23-16(17-11)18-13(20)9-10-22-12-7-5-4-6-8-12/h4-8H,9-10H2,1-3H3,(H,17,18,20). The molecular formula is C16H19N3O3S. The number of carbonyl (C=O) groups excluding carboxylic acids is 2.